The van der Waals surface area contributed by atoms with Crippen LogP contribution in [0, 0.1) is 0 Å². The van der Waals surface area contributed by atoms with Crippen molar-refractivity contribution < 1.29 is 9.90 Å². The number of nitrogens with one attached hydrogen (secondary N) is 1. The Labute approximate surface area is 117 Å². The highest BCUT2D eigenvalue weighted by molar-refractivity contribution is 5.81. The third-order valence-electron chi connectivity index (χ3n) is 2.94. The molecule has 0 aliphatic heterocycles. The third kappa shape index (κ3) is 3.83. The Morgan fingerprint density at radius 3 is 2.70 bits per heavy atom. The second-order valence-corrected chi connectivity index (χ2v) is 4.68. The molecular weight excluding hydrogens is 256 g/mol. The molecule has 0 unspecified atom stereocenters. The first-order valence-corrected chi connectivity index (χ1v) is 6.34. The van der Waals surface area contributed by atoms with E-state index in [9.17, 15) is 9.90 Å². The van der Waals surface area contributed by atoms with E-state index in [2.05, 4.69) is 10.4 Å². The summed E-state index contributed by atoms with van der Waals surface area (Å²) in [5.74, 6) is -0.0225. The number of aromatic nitrogens is 2. The van der Waals surface area contributed by atoms with Crippen molar-refractivity contribution >= 4 is 5.91 Å². The van der Waals surface area contributed by atoms with E-state index in [0.717, 1.165) is 11.3 Å². The number of carbonyl (C=O) groups excluding carboxylic acids is 1. The number of nitrogens with two attached hydrogens (primary N) is 1. The first kappa shape index (κ1) is 14.1. The van der Waals surface area contributed by atoms with Gasteiger partial charge in [0.2, 0.25) is 5.91 Å². The first-order chi connectivity index (χ1) is 9.54. The second-order valence-electron chi connectivity index (χ2n) is 4.68. The van der Waals surface area contributed by atoms with E-state index in [4.69, 9.17) is 5.73 Å². The minimum absolute atomic E-state index is 0.196. The molecule has 20 heavy (non-hydrogen) atoms. The van der Waals surface area contributed by atoms with Gasteiger partial charge in [0.25, 0.3) is 0 Å². The largest absolute Gasteiger partial charge is 0.508 e. The molecule has 0 spiro atoms. The Morgan fingerprint density at radius 2 is 2.10 bits per heavy atom. The summed E-state index contributed by atoms with van der Waals surface area (Å²) in [5.41, 5.74) is 7.55. The zero-order valence-corrected chi connectivity index (χ0v) is 11.3. The zero-order valence-electron chi connectivity index (χ0n) is 11.3. The van der Waals surface area contributed by atoms with Crippen molar-refractivity contribution in [1.82, 2.24) is 15.1 Å². The third-order valence-corrected chi connectivity index (χ3v) is 2.94. The highest BCUT2D eigenvalue weighted by Crippen LogP contribution is 2.10. The number of aryl methyl sites for hydroxylation is 1. The molecule has 106 valence electrons. The molecule has 1 amide bonds. The van der Waals surface area contributed by atoms with Crippen LogP contribution in [0.25, 0.3) is 0 Å². The molecule has 0 bridgehead atoms. The number of hydrogen-bond donors (Lipinski definition) is 3. The maximum Gasteiger partial charge on any atom is 0.237 e. The monoisotopic (exact) mass is 274 g/mol. The van der Waals surface area contributed by atoms with E-state index in [1.54, 1.807) is 28.9 Å². The summed E-state index contributed by atoms with van der Waals surface area (Å²) >= 11 is 0. The second kappa shape index (κ2) is 6.21. The predicted molar refractivity (Wildman–Crippen MR) is 74.8 cm³/mol. The fourth-order valence-corrected chi connectivity index (χ4v) is 1.84. The lowest BCUT2D eigenvalue weighted by molar-refractivity contribution is -0.122. The van der Waals surface area contributed by atoms with Gasteiger partial charge < -0.3 is 16.2 Å². The van der Waals surface area contributed by atoms with Gasteiger partial charge in [0, 0.05) is 13.2 Å². The van der Waals surface area contributed by atoms with Crippen LogP contribution in [0.15, 0.2) is 36.5 Å². The number of rotatable bonds is 5. The van der Waals surface area contributed by atoms with Gasteiger partial charge >= 0.3 is 0 Å². The molecule has 0 saturated heterocycles. The quantitative estimate of drug-likeness (QED) is 0.731. The Balaban J connectivity index is 1.84. The Hall–Kier alpha value is -2.34. The molecule has 1 aromatic heterocycles. The van der Waals surface area contributed by atoms with Crippen molar-refractivity contribution in [3.05, 3.63) is 47.8 Å². The van der Waals surface area contributed by atoms with Gasteiger partial charge in [0.15, 0.2) is 0 Å². The van der Waals surface area contributed by atoms with Gasteiger partial charge in [-0.25, -0.2) is 0 Å². The summed E-state index contributed by atoms with van der Waals surface area (Å²) in [5, 5.41) is 16.1. The maximum atomic E-state index is 11.9. The van der Waals surface area contributed by atoms with Crippen molar-refractivity contribution in [1.29, 1.82) is 0 Å². The topological polar surface area (TPSA) is 93.2 Å². The van der Waals surface area contributed by atoms with E-state index in [1.807, 2.05) is 19.3 Å². The number of phenolic OH excluding ortho intramolecular Hbond substituents is 1. The Kier molecular flexibility index (Phi) is 4.37. The van der Waals surface area contributed by atoms with Gasteiger partial charge in [-0.2, -0.15) is 5.10 Å². The normalized spacial score (nSPS) is 12.1. The summed E-state index contributed by atoms with van der Waals surface area (Å²) in [6.07, 6.45) is 2.24. The van der Waals surface area contributed by atoms with Crippen molar-refractivity contribution in [3.8, 4) is 5.75 Å². The molecule has 0 fully saturated rings. The summed E-state index contributed by atoms with van der Waals surface area (Å²) in [6, 6.07) is 7.87. The van der Waals surface area contributed by atoms with Crippen LogP contribution in [-0.2, 0) is 24.8 Å². The van der Waals surface area contributed by atoms with Crippen LogP contribution >= 0.6 is 0 Å². The van der Waals surface area contributed by atoms with E-state index in [1.165, 1.54) is 0 Å². The fraction of sp³-hybridized carbons (Fsp3) is 0.286. The Morgan fingerprint density at radius 1 is 1.40 bits per heavy atom. The molecule has 1 atom stereocenters. The van der Waals surface area contributed by atoms with Gasteiger partial charge in [0.1, 0.15) is 5.75 Å². The molecule has 6 heteroatoms. The molecule has 0 radical (unpaired) electrons. The average Bonchev–Trinajstić information content (AvgIpc) is 2.84. The van der Waals surface area contributed by atoms with Gasteiger partial charge in [0.05, 0.1) is 18.3 Å². The summed E-state index contributed by atoms with van der Waals surface area (Å²) in [7, 11) is 1.82. The number of aromatic hydroxyl groups is 1. The molecule has 2 rings (SSSR count). The average molecular weight is 274 g/mol. The van der Waals surface area contributed by atoms with Crippen LogP contribution in [0.3, 0.4) is 0 Å². The van der Waals surface area contributed by atoms with Crippen LogP contribution in [0.4, 0.5) is 0 Å². The van der Waals surface area contributed by atoms with Gasteiger partial charge in [-0.1, -0.05) is 12.1 Å². The van der Waals surface area contributed by atoms with Crippen LogP contribution in [0.2, 0.25) is 0 Å². The number of benzene rings is 1. The van der Waals surface area contributed by atoms with Crippen LogP contribution in [0.1, 0.15) is 11.3 Å². The highest BCUT2D eigenvalue weighted by Gasteiger charge is 2.14. The molecule has 1 heterocycles. The first-order valence-electron chi connectivity index (χ1n) is 6.34. The van der Waals surface area contributed by atoms with Crippen molar-refractivity contribution in [3.63, 3.8) is 0 Å². The molecule has 0 aliphatic carbocycles. The maximum absolute atomic E-state index is 11.9. The van der Waals surface area contributed by atoms with E-state index in [-0.39, 0.29) is 11.7 Å². The smallest absolute Gasteiger partial charge is 0.237 e. The number of carbonyl (C=O) groups is 1. The molecule has 1 aromatic carbocycles. The fourth-order valence-electron chi connectivity index (χ4n) is 1.84. The number of nitrogens with zero attached hydrogens (tertiary/aromatic N) is 2. The van der Waals surface area contributed by atoms with Crippen molar-refractivity contribution in [2.45, 2.75) is 19.0 Å². The summed E-state index contributed by atoms with van der Waals surface area (Å²) < 4.78 is 1.68. The SMILES string of the molecule is Cn1ccc(CNC(=O)[C@@H](N)Cc2ccc(O)cc2)n1. The standard InChI is InChI=1S/C14H18N4O2/c1-18-7-6-11(17-18)9-16-14(20)13(15)8-10-2-4-12(19)5-3-10/h2-7,13,19H,8-9,15H2,1H3,(H,16,20)/t13-/m0/s1. The molecule has 6 nitrogen and oxygen atoms in total. The van der Waals surface area contributed by atoms with Gasteiger partial charge in [-0.05, 0) is 30.2 Å². The number of phenols is 1. The lowest BCUT2D eigenvalue weighted by Gasteiger charge is -2.11. The van der Waals surface area contributed by atoms with Crippen molar-refractivity contribution in [2.24, 2.45) is 12.8 Å². The van der Waals surface area contributed by atoms with Crippen LogP contribution in [-0.4, -0.2) is 26.8 Å². The molecule has 0 saturated carbocycles. The Bertz CT molecular complexity index is 577. The molecule has 2 aromatic rings. The van der Waals surface area contributed by atoms with Gasteiger partial charge in [-0.15, -0.1) is 0 Å². The van der Waals surface area contributed by atoms with E-state index >= 15 is 0 Å². The molecular formula is C14H18N4O2. The van der Waals surface area contributed by atoms with Crippen LogP contribution < -0.4 is 11.1 Å². The minimum atomic E-state index is -0.622. The lowest BCUT2D eigenvalue weighted by atomic mass is 10.1. The van der Waals surface area contributed by atoms with E-state index in [0.29, 0.717) is 13.0 Å². The van der Waals surface area contributed by atoms with E-state index < -0.39 is 6.04 Å². The highest BCUT2D eigenvalue weighted by atomic mass is 16.3. The summed E-state index contributed by atoms with van der Waals surface area (Å²) in [6.45, 7) is 0.364. The predicted octanol–water partition coefficient (Wildman–Crippen LogP) is 0.312. The summed E-state index contributed by atoms with van der Waals surface area (Å²) in [4.78, 5) is 11.9. The molecule has 0 aliphatic rings. The number of amides is 1. The lowest BCUT2D eigenvalue weighted by Crippen LogP contribution is -2.41. The van der Waals surface area contributed by atoms with Gasteiger partial charge in [-0.3, -0.25) is 9.48 Å². The van der Waals surface area contributed by atoms with Crippen molar-refractivity contribution in [2.75, 3.05) is 0 Å². The van der Waals surface area contributed by atoms with Crippen LogP contribution in [0.5, 0.6) is 5.75 Å². The minimum Gasteiger partial charge on any atom is -0.508 e. The zero-order chi connectivity index (χ0) is 14.5. The molecule has 4 N–H and O–H groups in total. The number of hydrogen-bond acceptors (Lipinski definition) is 4.